The summed E-state index contributed by atoms with van der Waals surface area (Å²) in [5.41, 5.74) is 1.36. The third-order valence-electron chi connectivity index (χ3n) is 9.02. The van der Waals surface area contributed by atoms with E-state index < -0.39 is 0 Å². The van der Waals surface area contributed by atoms with Gasteiger partial charge in [-0.1, -0.05) is 13.0 Å². The minimum atomic E-state index is -0.133. The van der Waals surface area contributed by atoms with Crippen molar-refractivity contribution in [3.63, 3.8) is 0 Å². The number of aliphatic hydroxyl groups is 1. The lowest BCUT2D eigenvalue weighted by atomic mass is 9.53. The van der Waals surface area contributed by atoms with Gasteiger partial charge in [-0.3, -0.25) is 9.69 Å². The van der Waals surface area contributed by atoms with Crippen LogP contribution in [0.15, 0.2) is 18.2 Å². The van der Waals surface area contributed by atoms with E-state index >= 15 is 0 Å². The van der Waals surface area contributed by atoms with Gasteiger partial charge in [-0.15, -0.1) is 0 Å². The van der Waals surface area contributed by atoms with Gasteiger partial charge in [0.25, 0.3) is 0 Å². The summed E-state index contributed by atoms with van der Waals surface area (Å²) in [6, 6.07) is 5.94. The smallest absolute Gasteiger partial charge is 0.310 e. The highest BCUT2D eigenvalue weighted by atomic mass is 16.6. The molecule has 1 aromatic carbocycles. The minimum absolute atomic E-state index is 0.0217. The number of methoxy groups -OCH3 is 2. The zero-order chi connectivity index (χ0) is 23.9. The minimum Gasteiger partial charge on any atom is -0.493 e. The van der Waals surface area contributed by atoms with E-state index in [2.05, 4.69) is 11.8 Å². The molecule has 7 nitrogen and oxygen atoms in total. The number of hydrogen-bond donors (Lipinski definition) is 1. The highest BCUT2D eigenvalue weighted by molar-refractivity contribution is 5.75. The summed E-state index contributed by atoms with van der Waals surface area (Å²) in [6.07, 6.45) is 6.24. The van der Waals surface area contributed by atoms with E-state index in [1.807, 2.05) is 18.2 Å². The number of aliphatic hydroxyl groups excluding tert-OH is 1. The Balaban J connectivity index is 1.33. The molecule has 7 heteroatoms. The molecule has 2 aliphatic heterocycles. The van der Waals surface area contributed by atoms with E-state index in [1.165, 1.54) is 12.8 Å². The molecule has 34 heavy (non-hydrogen) atoms. The first-order valence-electron chi connectivity index (χ1n) is 12.8. The van der Waals surface area contributed by atoms with Crippen molar-refractivity contribution in [2.24, 2.45) is 23.2 Å². The van der Waals surface area contributed by atoms with Gasteiger partial charge in [0, 0.05) is 32.2 Å². The number of carbonyl (C=O) groups is 1. The summed E-state index contributed by atoms with van der Waals surface area (Å²) in [4.78, 5) is 15.4. The van der Waals surface area contributed by atoms with Gasteiger partial charge >= 0.3 is 5.97 Å². The van der Waals surface area contributed by atoms with Crippen molar-refractivity contribution < 1.29 is 28.8 Å². The van der Waals surface area contributed by atoms with Crippen LogP contribution in [0.3, 0.4) is 0 Å². The van der Waals surface area contributed by atoms with Crippen molar-refractivity contribution in [2.75, 3.05) is 40.5 Å². The molecule has 2 aliphatic carbocycles. The molecule has 188 valence electrons. The van der Waals surface area contributed by atoms with Crippen LogP contribution >= 0.6 is 0 Å². The Morgan fingerprint density at radius 1 is 1.21 bits per heavy atom. The topological polar surface area (TPSA) is 80.8 Å². The molecule has 0 amide bonds. The van der Waals surface area contributed by atoms with Gasteiger partial charge in [-0.05, 0) is 67.6 Å². The quantitative estimate of drug-likeness (QED) is 0.435. The van der Waals surface area contributed by atoms with Gasteiger partial charge in [0.15, 0.2) is 11.5 Å². The number of nitrogens with zero attached hydrogens (tertiary/aromatic N) is 1. The number of rotatable bonds is 9. The summed E-state index contributed by atoms with van der Waals surface area (Å²) in [5, 5.41) is 9.49. The molecule has 6 atom stereocenters. The molecule has 1 spiro atoms. The highest BCUT2D eigenvalue weighted by Gasteiger charge is 2.65. The average molecular weight is 474 g/mol. The number of hydrogen-bond acceptors (Lipinski definition) is 7. The van der Waals surface area contributed by atoms with Crippen molar-refractivity contribution in [2.45, 2.75) is 63.7 Å². The Labute approximate surface area is 202 Å². The van der Waals surface area contributed by atoms with Crippen molar-refractivity contribution in [3.05, 3.63) is 23.8 Å². The van der Waals surface area contributed by atoms with E-state index in [0.717, 1.165) is 38.0 Å². The van der Waals surface area contributed by atoms with Crippen LogP contribution in [-0.2, 0) is 20.8 Å². The predicted octanol–water partition coefficient (Wildman–Crippen LogP) is 3.42. The van der Waals surface area contributed by atoms with E-state index in [1.54, 1.807) is 14.2 Å². The fourth-order valence-electron chi connectivity index (χ4n) is 7.21. The van der Waals surface area contributed by atoms with Crippen LogP contribution in [-0.4, -0.2) is 68.2 Å². The molecule has 0 aromatic heterocycles. The maximum atomic E-state index is 13.1. The van der Waals surface area contributed by atoms with Crippen LogP contribution in [0.5, 0.6) is 11.5 Å². The number of benzene rings is 1. The van der Waals surface area contributed by atoms with E-state index in [4.69, 9.17) is 18.9 Å². The van der Waals surface area contributed by atoms with Crippen molar-refractivity contribution in [1.29, 1.82) is 0 Å². The van der Waals surface area contributed by atoms with Crippen LogP contribution in [0.25, 0.3) is 0 Å². The van der Waals surface area contributed by atoms with Gasteiger partial charge in [-0.2, -0.15) is 0 Å². The standard InChI is InChI=1S/C27H39NO6/c1-26-8-4-9-27(17-33-27)24(26)13-19-20(25(30)34-23(19)14-26)16-28(10-5-11-29)15-18-6-7-21(31-2)22(12-18)32-3/h6-7,12,19-20,23-24,29H,4-5,8-11,13-17H2,1-3H3/t19-,20-,23-,24-,26-,27+/m1/s1. The highest BCUT2D eigenvalue weighted by Crippen LogP contribution is 2.62. The monoisotopic (exact) mass is 473 g/mol. The summed E-state index contributed by atoms with van der Waals surface area (Å²) in [7, 11) is 3.27. The molecule has 2 heterocycles. The largest absolute Gasteiger partial charge is 0.493 e. The second-order valence-corrected chi connectivity index (χ2v) is 11.1. The molecule has 2 saturated carbocycles. The summed E-state index contributed by atoms with van der Waals surface area (Å²) in [5.74, 6) is 1.97. The van der Waals surface area contributed by atoms with E-state index in [-0.39, 0.29) is 41.5 Å². The SMILES string of the molecule is COc1ccc(CN(CCCO)C[C@H]2C(=O)O[C@@H]3C[C@@]4(C)CCC[C@]5(CO5)[C@@H]4C[C@@H]32)cc1OC. The molecule has 2 saturated heterocycles. The Hall–Kier alpha value is -1.83. The molecular formula is C27H39NO6. The first kappa shape index (κ1) is 23.9. The van der Waals surface area contributed by atoms with Crippen LogP contribution in [0.4, 0.5) is 0 Å². The maximum Gasteiger partial charge on any atom is 0.310 e. The fourth-order valence-corrected chi connectivity index (χ4v) is 7.21. The predicted molar refractivity (Wildman–Crippen MR) is 127 cm³/mol. The zero-order valence-electron chi connectivity index (χ0n) is 20.8. The normalized spacial score (nSPS) is 36.2. The molecule has 0 bridgehead atoms. The second-order valence-electron chi connectivity index (χ2n) is 11.1. The Morgan fingerprint density at radius 2 is 2.00 bits per heavy atom. The molecule has 0 radical (unpaired) electrons. The third kappa shape index (κ3) is 4.31. The first-order chi connectivity index (χ1) is 16.4. The van der Waals surface area contributed by atoms with E-state index in [0.29, 0.717) is 36.9 Å². The lowest BCUT2D eigenvalue weighted by Gasteiger charge is -2.51. The van der Waals surface area contributed by atoms with Gasteiger partial charge < -0.3 is 24.1 Å². The summed E-state index contributed by atoms with van der Waals surface area (Å²) in [6.45, 7) is 5.44. The molecule has 5 rings (SSSR count). The van der Waals surface area contributed by atoms with Crippen molar-refractivity contribution in [1.82, 2.24) is 4.90 Å². The molecule has 0 unspecified atom stereocenters. The lowest BCUT2D eigenvalue weighted by Crippen LogP contribution is -2.51. The van der Waals surface area contributed by atoms with Crippen LogP contribution < -0.4 is 9.47 Å². The van der Waals surface area contributed by atoms with Crippen LogP contribution in [0.1, 0.15) is 51.0 Å². The van der Waals surface area contributed by atoms with Crippen molar-refractivity contribution >= 4 is 5.97 Å². The number of epoxide rings is 1. The van der Waals surface area contributed by atoms with Gasteiger partial charge in [0.1, 0.15) is 6.10 Å². The van der Waals surface area contributed by atoms with Gasteiger partial charge in [0.05, 0.1) is 32.3 Å². The molecule has 4 aliphatic rings. The number of fused-ring (bicyclic) bond motifs is 3. The molecule has 1 aromatic rings. The summed E-state index contributed by atoms with van der Waals surface area (Å²) >= 11 is 0. The Kier molecular flexibility index (Phi) is 6.55. The second kappa shape index (κ2) is 9.32. The molecular weight excluding hydrogens is 434 g/mol. The van der Waals surface area contributed by atoms with Crippen LogP contribution in [0, 0.1) is 23.2 Å². The van der Waals surface area contributed by atoms with Crippen LogP contribution in [0.2, 0.25) is 0 Å². The number of ether oxygens (including phenoxy) is 4. The fraction of sp³-hybridized carbons (Fsp3) is 0.741. The number of carbonyl (C=O) groups excluding carboxylic acids is 1. The van der Waals surface area contributed by atoms with Gasteiger partial charge in [0.2, 0.25) is 0 Å². The van der Waals surface area contributed by atoms with Gasteiger partial charge in [-0.25, -0.2) is 0 Å². The lowest BCUT2D eigenvalue weighted by molar-refractivity contribution is -0.147. The zero-order valence-corrected chi connectivity index (χ0v) is 20.8. The molecule has 1 N–H and O–H groups in total. The third-order valence-corrected chi connectivity index (χ3v) is 9.02. The van der Waals surface area contributed by atoms with Crippen molar-refractivity contribution in [3.8, 4) is 11.5 Å². The van der Waals surface area contributed by atoms with E-state index in [9.17, 15) is 9.90 Å². The Morgan fingerprint density at radius 3 is 2.71 bits per heavy atom. The summed E-state index contributed by atoms with van der Waals surface area (Å²) < 4.78 is 22.9. The number of esters is 1. The average Bonchev–Trinajstić information content (AvgIpc) is 3.53. The maximum absolute atomic E-state index is 13.1. The first-order valence-corrected chi connectivity index (χ1v) is 12.8. The molecule has 4 fully saturated rings. The Bertz CT molecular complexity index is 901.